The minimum Gasteiger partial charge on any atom is -0.380 e. The van der Waals surface area contributed by atoms with Crippen molar-refractivity contribution in [1.82, 2.24) is 10.2 Å². The van der Waals surface area contributed by atoms with E-state index < -0.39 is 0 Å². The van der Waals surface area contributed by atoms with Crippen molar-refractivity contribution in [2.75, 3.05) is 33.4 Å². The van der Waals surface area contributed by atoms with Crippen molar-refractivity contribution in [3.63, 3.8) is 0 Å². The van der Waals surface area contributed by atoms with Gasteiger partial charge < -0.3 is 15.0 Å². The third-order valence-corrected chi connectivity index (χ3v) is 4.14. The lowest BCUT2D eigenvalue weighted by molar-refractivity contribution is -0.108. The van der Waals surface area contributed by atoms with Crippen molar-refractivity contribution >= 4 is 29.2 Å². The highest BCUT2D eigenvalue weighted by atomic mass is 35.5. The standard InChI is InChI=1S/C15H20Cl2N2O2/c1-15(9-21-10-15)8-19(2)14(20)18-6-5-11-3-4-12(16)7-13(11)17/h3-4,7H,5-6,8-10H2,1-2H3,(H,18,20). The molecule has 0 bridgehead atoms. The summed E-state index contributed by atoms with van der Waals surface area (Å²) in [5, 5.41) is 4.14. The van der Waals surface area contributed by atoms with Crippen LogP contribution in [0.4, 0.5) is 4.79 Å². The molecule has 21 heavy (non-hydrogen) atoms. The molecule has 1 aromatic rings. The van der Waals surface area contributed by atoms with E-state index in [0.29, 0.717) is 42.8 Å². The molecule has 0 saturated carbocycles. The molecular weight excluding hydrogens is 311 g/mol. The molecule has 1 aromatic carbocycles. The number of hydrogen-bond acceptors (Lipinski definition) is 2. The van der Waals surface area contributed by atoms with Crippen LogP contribution < -0.4 is 5.32 Å². The molecule has 0 radical (unpaired) electrons. The molecule has 1 saturated heterocycles. The summed E-state index contributed by atoms with van der Waals surface area (Å²) in [6.07, 6.45) is 0.677. The van der Waals surface area contributed by atoms with Gasteiger partial charge in [-0.1, -0.05) is 36.2 Å². The maximum Gasteiger partial charge on any atom is 0.317 e. The molecule has 1 aliphatic rings. The van der Waals surface area contributed by atoms with E-state index in [-0.39, 0.29) is 11.4 Å². The van der Waals surface area contributed by atoms with Crippen LogP contribution >= 0.6 is 23.2 Å². The first-order valence-corrected chi connectivity index (χ1v) is 7.66. The second-order valence-corrected chi connectivity index (χ2v) is 6.72. The summed E-state index contributed by atoms with van der Waals surface area (Å²) in [7, 11) is 1.80. The van der Waals surface area contributed by atoms with Crippen LogP contribution in [0.15, 0.2) is 18.2 Å². The minimum atomic E-state index is -0.0757. The van der Waals surface area contributed by atoms with Crippen LogP contribution in [0.1, 0.15) is 12.5 Å². The Morgan fingerprint density at radius 3 is 2.71 bits per heavy atom. The predicted molar refractivity (Wildman–Crippen MR) is 85.1 cm³/mol. The Kier molecular flexibility index (Phi) is 5.36. The SMILES string of the molecule is CN(CC1(C)COC1)C(=O)NCCc1ccc(Cl)cc1Cl. The monoisotopic (exact) mass is 330 g/mol. The first-order valence-electron chi connectivity index (χ1n) is 6.90. The fourth-order valence-corrected chi connectivity index (χ4v) is 2.85. The summed E-state index contributed by atoms with van der Waals surface area (Å²) in [5.74, 6) is 0. The highest BCUT2D eigenvalue weighted by Crippen LogP contribution is 2.27. The molecule has 2 amide bonds. The molecule has 6 heteroatoms. The molecule has 2 rings (SSSR count). The summed E-state index contributed by atoms with van der Waals surface area (Å²) < 4.78 is 5.20. The normalized spacial score (nSPS) is 16.2. The Balaban J connectivity index is 1.75. The van der Waals surface area contributed by atoms with Crippen molar-refractivity contribution in [3.05, 3.63) is 33.8 Å². The number of benzene rings is 1. The predicted octanol–water partition coefficient (Wildman–Crippen LogP) is 3.21. The Labute approximate surface area is 135 Å². The van der Waals surface area contributed by atoms with Gasteiger partial charge in [-0.25, -0.2) is 4.79 Å². The summed E-state index contributed by atoms with van der Waals surface area (Å²) in [4.78, 5) is 13.7. The quantitative estimate of drug-likeness (QED) is 0.900. The number of urea groups is 1. The Bertz CT molecular complexity index is 518. The fourth-order valence-electron chi connectivity index (χ4n) is 2.35. The summed E-state index contributed by atoms with van der Waals surface area (Å²) >= 11 is 12.0. The van der Waals surface area contributed by atoms with Gasteiger partial charge in [-0.05, 0) is 24.1 Å². The fraction of sp³-hybridized carbons (Fsp3) is 0.533. The Morgan fingerprint density at radius 1 is 1.43 bits per heavy atom. The van der Waals surface area contributed by atoms with Gasteiger partial charge in [0, 0.05) is 35.6 Å². The summed E-state index contributed by atoms with van der Waals surface area (Å²) in [6, 6.07) is 5.32. The van der Waals surface area contributed by atoms with Crippen molar-refractivity contribution in [2.24, 2.45) is 5.41 Å². The van der Waals surface area contributed by atoms with Gasteiger partial charge in [-0.3, -0.25) is 0 Å². The van der Waals surface area contributed by atoms with E-state index in [1.807, 2.05) is 6.07 Å². The highest BCUT2D eigenvalue weighted by molar-refractivity contribution is 6.35. The van der Waals surface area contributed by atoms with E-state index >= 15 is 0 Å². The van der Waals surface area contributed by atoms with E-state index in [9.17, 15) is 4.79 Å². The van der Waals surface area contributed by atoms with Crippen LogP contribution in [0.3, 0.4) is 0 Å². The lowest BCUT2D eigenvalue weighted by Crippen LogP contribution is -2.51. The first-order chi connectivity index (χ1) is 9.89. The highest BCUT2D eigenvalue weighted by Gasteiger charge is 2.35. The lowest BCUT2D eigenvalue weighted by atomic mass is 9.88. The zero-order valence-electron chi connectivity index (χ0n) is 12.3. The molecule has 1 aliphatic heterocycles. The maximum atomic E-state index is 12.0. The molecule has 116 valence electrons. The lowest BCUT2D eigenvalue weighted by Gasteiger charge is -2.40. The van der Waals surface area contributed by atoms with Gasteiger partial charge in [-0.15, -0.1) is 0 Å². The van der Waals surface area contributed by atoms with Gasteiger partial charge >= 0.3 is 6.03 Å². The molecule has 0 unspecified atom stereocenters. The van der Waals surface area contributed by atoms with Gasteiger partial charge in [0.25, 0.3) is 0 Å². The molecular formula is C15H20Cl2N2O2. The number of carbonyl (C=O) groups excluding carboxylic acids is 1. The number of rotatable bonds is 5. The van der Waals surface area contributed by atoms with Gasteiger partial charge in [0.2, 0.25) is 0 Å². The van der Waals surface area contributed by atoms with Gasteiger partial charge in [0.15, 0.2) is 0 Å². The number of ether oxygens (including phenoxy) is 1. The topological polar surface area (TPSA) is 41.6 Å². The second kappa shape index (κ2) is 6.86. The zero-order chi connectivity index (χ0) is 15.5. The number of nitrogens with one attached hydrogen (secondary N) is 1. The van der Waals surface area contributed by atoms with E-state index in [2.05, 4.69) is 12.2 Å². The molecule has 4 nitrogen and oxygen atoms in total. The average molecular weight is 331 g/mol. The smallest absolute Gasteiger partial charge is 0.317 e. The van der Waals surface area contributed by atoms with E-state index in [1.54, 1.807) is 24.1 Å². The van der Waals surface area contributed by atoms with Gasteiger partial charge in [0.1, 0.15) is 0 Å². The van der Waals surface area contributed by atoms with E-state index in [4.69, 9.17) is 27.9 Å². The van der Waals surface area contributed by atoms with Crippen LogP contribution in [0.2, 0.25) is 10.0 Å². The Morgan fingerprint density at radius 2 is 2.14 bits per heavy atom. The molecule has 1 heterocycles. The van der Waals surface area contributed by atoms with Crippen LogP contribution in [-0.4, -0.2) is 44.3 Å². The van der Waals surface area contributed by atoms with Crippen molar-refractivity contribution in [1.29, 1.82) is 0 Å². The number of nitrogens with zero attached hydrogens (tertiary/aromatic N) is 1. The van der Waals surface area contributed by atoms with Crippen molar-refractivity contribution < 1.29 is 9.53 Å². The van der Waals surface area contributed by atoms with Crippen LogP contribution in [0.5, 0.6) is 0 Å². The molecule has 1 N–H and O–H groups in total. The average Bonchev–Trinajstić information content (AvgIpc) is 2.39. The van der Waals surface area contributed by atoms with Crippen LogP contribution in [0.25, 0.3) is 0 Å². The van der Waals surface area contributed by atoms with Gasteiger partial charge in [-0.2, -0.15) is 0 Å². The zero-order valence-corrected chi connectivity index (χ0v) is 13.8. The van der Waals surface area contributed by atoms with E-state index in [1.165, 1.54) is 0 Å². The third-order valence-electron chi connectivity index (χ3n) is 3.55. The molecule has 0 atom stereocenters. The minimum absolute atomic E-state index is 0.0757. The largest absolute Gasteiger partial charge is 0.380 e. The summed E-state index contributed by atoms with van der Waals surface area (Å²) in [6.45, 7) is 4.78. The van der Waals surface area contributed by atoms with Gasteiger partial charge in [0.05, 0.1) is 13.2 Å². The van der Waals surface area contributed by atoms with Crippen LogP contribution in [-0.2, 0) is 11.2 Å². The van der Waals surface area contributed by atoms with Crippen molar-refractivity contribution in [3.8, 4) is 0 Å². The maximum absolute atomic E-state index is 12.0. The van der Waals surface area contributed by atoms with Crippen molar-refractivity contribution in [2.45, 2.75) is 13.3 Å². The Hall–Kier alpha value is -0.970. The number of halogens is 2. The molecule has 0 aliphatic carbocycles. The van der Waals surface area contributed by atoms with E-state index in [0.717, 1.165) is 5.56 Å². The first kappa shape index (κ1) is 16.4. The number of carbonyl (C=O) groups is 1. The van der Waals surface area contributed by atoms with Crippen LogP contribution in [0, 0.1) is 5.41 Å². The number of hydrogen-bond donors (Lipinski definition) is 1. The molecule has 0 aromatic heterocycles. The second-order valence-electron chi connectivity index (χ2n) is 5.88. The summed E-state index contributed by atoms with van der Waals surface area (Å²) in [5.41, 5.74) is 1.06. The third kappa shape index (κ3) is 4.50. The number of amides is 2. The molecule has 0 spiro atoms. The molecule has 1 fully saturated rings.